The van der Waals surface area contributed by atoms with Crippen LogP contribution < -0.4 is 5.73 Å². The monoisotopic (exact) mass is 403 g/mol. The van der Waals surface area contributed by atoms with Gasteiger partial charge in [0.25, 0.3) is 0 Å². The molecule has 0 aliphatic heterocycles. The first kappa shape index (κ1) is 25.0. The van der Waals surface area contributed by atoms with Crippen LogP contribution in [0.15, 0.2) is 42.5 Å². The molecule has 2 aromatic rings. The van der Waals surface area contributed by atoms with E-state index < -0.39 is 0 Å². The number of rotatable bonds is 13. The first-order chi connectivity index (χ1) is 13.0. The predicted octanol–water partition coefficient (Wildman–Crippen LogP) is 8.39. The summed E-state index contributed by atoms with van der Waals surface area (Å²) >= 11 is 0. The highest BCUT2D eigenvalue weighted by atomic mass is 35.5. The molecule has 2 aromatic carbocycles. The predicted molar refractivity (Wildman–Crippen MR) is 129 cm³/mol. The van der Waals surface area contributed by atoms with E-state index in [1.165, 1.54) is 87.0 Å². The third-order valence-electron chi connectivity index (χ3n) is 5.94. The fourth-order valence-corrected chi connectivity index (χ4v) is 4.32. The highest BCUT2D eigenvalue weighted by Crippen LogP contribution is 2.35. The molecule has 28 heavy (non-hydrogen) atoms. The lowest BCUT2D eigenvalue weighted by Gasteiger charge is -2.32. The molecule has 0 saturated carbocycles. The molecule has 0 aliphatic rings. The van der Waals surface area contributed by atoms with E-state index >= 15 is 0 Å². The minimum absolute atomic E-state index is 0. The van der Waals surface area contributed by atoms with Gasteiger partial charge in [0.2, 0.25) is 0 Å². The number of nitrogens with two attached hydrogens (primary N) is 1. The lowest BCUT2D eigenvalue weighted by atomic mass is 9.77. The number of hydrogen-bond donors (Lipinski definition) is 1. The Hall–Kier alpha value is -1.05. The van der Waals surface area contributed by atoms with Gasteiger partial charge in [0.15, 0.2) is 0 Å². The van der Waals surface area contributed by atoms with Gasteiger partial charge in [-0.3, -0.25) is 0 Å². The molecule has 0 amide bonds. The molecule has 0 aromatic heterocycles. The SMILES string of the molecule is CCCCCCCCCCCCC(c1cccc2ccccc12)C(C)(C)N.Cl. The molecule has 1 atom stereocenters. The summed E-state index contributed by atoms with van der Waals surface area (Å²) in [6, 6.07) is 15.4. The first-order valence-electron chi connectivity index (χ1n) is 11.3. The third-order valence-corrected chi connectivity index (χ3v) is 5.94. The molecule has 0 heterocycles. The summed E-state index contributed by atoms with van der Waals surface area (Å²) in [5.41, 5.74) is 7.86. The molecular formula is C26H42ClN. The topological polar surface area (TPSA) is 26.0 Å². The maximum atomic E-state index is 6.62. The van der Waals surface area contributed by atoms with Crippen LogP contribution in [0.1, 0.15) is 103 Å². The molecule has 1 nitrogen and oxygen atoms in total. The van der Waals surface area contributed by atoms with Gasteiger partial charge in [-0.2, -0.15) is 0 Å². The number of benzene rings is 2. The number of fused-ring (bicyclic) bond motifs is 1. The van der Waals surface area contributed by atoms with Gasteiger partial charge < -0.3 is 5.73 Å². The van der Waals surface area contributed by atoms with Crippen molar-refractivity contribution in [1.82, 2.24) is 0 Å². The molecule has 2 N–H and O–H groups in total. The summed E-state index contributed by atoms with van der Waals surface area (Å²) in [6.07, 6.45) is 15.0. The van der Waals surface area contributed by atoms with E-state index in [-0.39, 0.29) is 17.9 Å². The maximum absolute atomic E-state index is 6.62. The van der Waals surface area contributed by atoms with Crippen LogP contribution in [0.25, 0.3) is 10.8 Å². The van der Waals surface area contributed by atoms with Gasteiger partial charge >= 0.3 is 0 Å². The van der Waals surface area contributed by atoms with Crippen molar-refractivity contribution >= 4 is 23.2 Å². The zero-order valence-corrected chi connectivity index (χ0v) is 19.2. The van der Waals surface area contributed by atoms with Crippen molar-refractivity contribution in [1.29, 1.82) is 0 Å². The molecule has 1 unspecified atom stereocenters. The van der Waals surface area contributed by atoms with Crippen molar-refractivity contribution in [3.05, 3.63) is 48.0 Å². The average Bonchev–Trinajstić information content (AvgIpc) is 2.65. The van der Waals surface area contributed by atoms with Crippen LogP contribution in [0, 0.1) is 0 Å². The molecule has 0 saturated heterocycles. The smallest absolute Gasteiger partial charge is 0.0166 e. The zero-order chi connectivity index (χ0) is 19.5. The molecule has 0 bridgehead atoms. The minimum Gasteiger partial charge on any atom is -0.325 e. The van der Waals surface area contributed by atoms with Gasteiger partial charge in [0, 0.05) is 11.5 Å². The van der Waals surface area contributed by atoms with Crippen molar-refractivity contribution < 1.29 is 0 Å². The summed E-state index contributed by atoms with van der Waals surface area (Å²) in [6.45, 7) is 6.67. The Morgan fingerprint density at radius 2 is 1.29 bits per heavy atom. The van der Waals surface area contributed by atoms with Gasteiger partial charge in [-0.05, 0) is 36.6 Å². The first-order valence-corrected chi connectivity index (χ1v) is 11.3. The van der Waals surface area contributed by atoms with Crippen LogP contribution in [0.4, 0.5) is 0 Å². The van der Waals surface area contributed by atoms with Crippen LogP contribution in [0.2, 0.25) is 0 Å². The molecule has 0 spiro atoms. The van der Waals surface area contributed by atoms with E-state index in [9.17, 15) is 0 Å². The summed E-state index contributed by atoms with van der Waals surface area (Å²) in [5, 5.41) is 2.70. The van der Waals surface area contributed by atoms with E-state index in [0.29, 0.717) is 5.92 Å². The molecule has 158 valence electrons. The van der Waals surface area contributed by atoms with Gasteiger partial charge in [-0.15, -0.1) is 12.4 Å². The van der Waals surface area contributed by atoms with E-state index in [0.717, 1.165) is 0 Å². The molecule has 2 heteroatoms. The van der Waals surface area contributed by atoms with Crippen LogP contribution >= 0.6 is 12.4 Å². The van der Waals surface area contributed by atoms with Crippen molar-refractivity contribution in [3.63, 3.8) is 0 Å². The molecular weight excluding hydrogens is 362 g/mol. The van der Waals surface area contributed by atoms with Crippen LogP contribution in [0.3, 0.4) is 0 Å². The Labute approximate surface area is 179 Å². The van der Waals surface area contributed by atoms with E-state index in [2.05, 4.69) is 63.2 Å². The van der Waals surface area contributed by atoms with Gasteiger partial charge in [-0.1, -0.05) is 114 Å². The fraction of sp³-hybridized carbons (Fsp3) is 0.615. The van der Waals surface area contributed by atoms with Crippen molar-refractivity contribution in [2.75, 3.05) is 0 Å². The summed E-state index contributed by atoms with van der Waals surface area (Å²) in [4.78, 5) is 0. The van der Waals surface area contributed by atoms with Gasteiger partial charge in [0.05, 0.1) is 0 Å². The second-order valence-corrected chi connectivity index (χ2v) is 8.91. The van der Waals surface area contributed by atoms with E-state index in [1.807, 2.05) is 0 Å². The summed E-state index contributed by atoms with van der Waals surface area (Å²) < 4.78 is 0. The summed E-state index contributed by atoms with van der Waals surface area (Å²) in [7, 11) is 0. The fourth-order valence-electron chi connectivity index (χ4n) is 4.32. The van der Waals surface area contributed by atoms with Crippen molar-refractivity contribution in [2.24, 2.45) is 5.73 Å². The Balaban J connectivity index is 0.00000392. The zero-order valence-electron chi connectivity index (χ0n) is 18.4. The van der Waals surface area contributed by atoms with E-state index in [1.54, 1.807) is 0 Å². The Bertz CT molecular complexity index is 654. The highest BCUT2D eigenvalue weighted by Gasteiger charge is 2.27. The summed E-state index contributed by atoms with van der Waals surface area (Å²) in [5.74, 6) is 0.414. The van der Waals surface area contributed by atoms with Crippen LogP contribution in [-0.2, 0) is 0 Å². The lowest BCUT2D eigenvalue weighted by Crippen LogP contribution is -2.39. The van der Waals surface area contributed by atoms with Gasteiger partial charge in [0.1, 0.15) is 0 Å². The molecule has 0 aliphatic carbocycles. The minimum atomic E-state index is -0.191. The van der Waals surface area contributed by atoms with Crippen molar-refractivity contribution in [3.8, 4) is 0 Å². The van der Waals surface area contributed by atoms with Gasteiger partial charge in [-0.25, -0.2) is 0 Å². The Morgan fingerprint density at radius 1 is 0.750 bits per heavy atom. The Kier molecular flexibility index (Phi) is 11.8. The largest absolute Gasteiger partial charge is 0.325 e. The standard InChI is InChI=1S/C26H41N.ClH/c1-4-5-6-7-8-9-10-11-12-13-21-25(26(2,3)27)24-20-16-18-22-17-14-15-19-23(22)24;/h14-20,25H,4-13,21,27H2,1-3H3;1H. The molecule has 0 fully saturated rings. The van der Waals surface area contributed by atoms with Crippen molar-refractivity contribution in [2.45, 2.75) is 103 Å². The lowest BCUT2D eigenvalue weighted by molar-refractivity contribution is 0.378. The maximum Gasteiger partial charge on any atom is 0.0166 e. The number of hydrogen-bond acceptors (Lipinski definition) is 1. The Morgan fingerprint density at radius 3 is 1.89 bits per heavy atom. The number of unbranched alkanes of at least 4 members (excludes halogenated alkanes) is 9. The second kappa shape index (κ2) is 13.2. The highest BCUT2D eigenvalue weighted by molar-refractivity contribution is 5.86. The number of halogens is 1. The van der Waals surface area contributed by atoms with E-state index in [4.69, 9.17) is 5.73 Å². The van der Waals surface area contributed by atoms with Crippen LogP contribution in [0.5, 0.6) is 0 Å². The normalized spacial score (nSPS) is 12.7. The quantitative estimate of drug-likeness (QED) is 0.334. The third kappa shape index (κ3) is 8.13. The van der Waals surface area contributed by atoms with Crippen LogP contribution in [-0.4, -0.2) is 5.54 Å². The molecule has 2 rings (SSSR count). The second-order valence-electron chi connectivity index (χ2n) is 8.91. The molecule has 0 radical (unpaired) electrons. The average molecular weight is 404 g/mol.